The highest BCUT2D eigenvalue weighted by Crippen LogP contribution is 2.43. The van der Waals surface area contributed by atoms with Gasteiger partial charge in [-0.15, -0.1) is 11.3 Å². The minimum atomic E-state index is 0.434. The number of benzene rings is 1. The van der Waals surface area contributed by atoms with Crippen LogP contribution in [0.4, 0.5) is 0 Å². The number of fused-ring (bicyclic) bond motifs is 3. The Morgan fingerprint density at radius 3 is 2.95 bits per heavy atom. The molecule has 2 aliphatic rings. The number of thiophene rings is 1. The number of hydrogen-bond acceptors (Lipinski definition) is 3. The fraction of sp³-hybridized carbons (Fsp3) is 0.312. The Labute approximate surface area is 117 Å². The topological polar surface area (TPSA) is 15.6 Å². The van der Waals surface area contributed by atoms with E-state index < -0.39 is 0 Å². The van der Waals surface area contributed by atoms with E-state index in [4.69, 9.17) is 5.10 Å². The highest BCUT2D eigenvalue weighted by Gasteiger charge is 2.40. The van der Waals surface area contributed by atoms with Crippen LogP contribution in [0.2, 0.25) is 0 Å². The fourth-order valence-corrected chi connectivity index (χ4v) is 4.33. The Bertz CT molecular complexity index is 630. The van der Waals surface area contributed by atoms with Crippen LogP contribution in [0.5, 0.6) is 0 Å². The van der Waals surface area contributed by atoms with E-state index in [1.165, 1.54) is 34.6 Å². The Morgan fingerprint density at radius 2 is 2.11 bits per heavy atom. The Balaban J connectivity index is 1.78. The maximum absolute atomic E-state index is 4.85. The van der Waals surface area contributed by atoms with Crippen LogP contribution < -0.4 is 0 Å². The second-order valence-electron chi connectivity index (χ2n) is 5.32. The Kier molecular flexibility index (Phi) is 2.49. The van der Waals surface area contributed by atoms with Crippen molar-refractivity contribution >= 4 is 17.0 Å². The number of aryl methyl sites for hydroxylation is 1. The third-order valence-electron chi connectivity index (χ3n) is 4.25. The van der Waals surface area contributed by atoms with Gasteiger partial charge in [-0.25, -0.2) is 0 Å². The van der Waals surface area contributed by atoms with Gasteiger partial charge >= 0.3 is 0 Å². The largest absolute Gasteiger partial charge is 0.291 e. The summed E-state index contributed by atoms with van der Waals surface area (Å²) < 4.78 is 0. The summed E-state index contributed by atoms with van der Waals surface area (Å²) in [5.74, 6) is 0.554. The summed E-state index contributed by atoms with van der Waals surface area (Å²) in [7, 11) is 2.11. The van der Waals surface area contributed by atoms with E-state index in [0.717, 1.165) is 0 Å². The quantitative estimate of drug-likeness (QED) is 0.770. The number of hydrazone groups is 1. The van der Waals surface area contributed by atoms with Gasteiger partial charge in [-0.05, 0) is 29.9 Å². The summed E-state index contributed by atoms with van der Waals surface area (Å²) in [5, 5.41) is 9.17. The van der Waals surface area contributed by atoms with Gasteiger partial charge in [0.15, 0.2) is 0 Å². The van der Waals surface area contributed by atoms with E-state index in [-0.39, 0.29) is 0 Å². The van der Waals surface area contributed by atoms with Crippen molar-refractivity contribution in [3.8, 4) is 0 Å². The maximum Gasteiger partial charge on any atom is 0.0893 e. The minimum absolute atomic E-state index is 0.434. The third-order valence-corrected chi connectivity index (χ3v) is 5.20. The van der Waals surface area contributed by atoms with Crippen molar-refractivity contribution in [2.75, 3.05) is 7.05 Å². The van der Waals surface area contributed by atoms with Crippen molar-refractivity contribution < 1.29 is 0 Å². The Hall–Kier alpha value is -1.61. The molecular weight excluding hydrogens is 252 g/mol. The summed E-state index contributed by atoms with van der Waals surface area (Å²) in [6, 6.07) is 13.5. The van der Waals surface area contributed by atoms with Crippen molar-refractivity contribution in [2.45, 2.75) is 18.9 Å². The van der Waals surface area contributed by atoms with Crippen molar-refractivity contribution in [3.05, 3.63) is 57.8 Å². The monoisotopic (exact) mass is 268 g/mol. The van der Waals surface area contributed by atoms with Gasteiger partial charge in [0.1, 0.15) is 0 Å². The molecule has 0 spiro atoms. The first-order chi connectivity index (χ1) is 9.34. The van der Waals surface area contributed by atoms with Gasteiger partial charge < -0.3 is 0 Å². The van der Waals surface area contributed by atoms with Gasteiger partial charge in [0.2, 0.25) is 0 Å². The second kappa shape index (κ2) is 4.20. The van der Waals surface area contributed by atoms with Crippen molar-refractivity contribution in [3.63, 3.8) is 0 Å². The zero-order valence-corrected chi connectivity index (χ0v) is 11.7. The molecule has 1 aromatic carbocycles. The SMILES string of the molecule is CN1N=C2c3ccccc3CC[C@@H]2[C@H]1c1cccs1. The van der Waals surface area contributed by atoms with Crippen LogP contribution in [0.1, 0.15) is 28.5 Å². The molecule has 0 radical (unpaired) electrons. The average molecular weight is 268 g/mol. The van der Waals surface area contributed by atoms with Gasteiger partial charge in [-0.2, -0.15) is 5.10 Å². The third kappa shape index (κ3) is 1.65. The van der Waals surface area contributed by atoms with Crippen LogP contribution in [0.25, 0.3) is 0 Å². The summed E-state index contributed by atoms with van der Waals surface area (Å²) in [6.45, 7) is 0. The van der Waals surface area contributed by atoms with E-state index in [0.29, 0.717) is 12.0 Å². The summed E-state index contributed by atoms with van der Waals surface area (Å²) in [5.41, 5.74) is 4.12. The molecule has 1 aromatic heterocycles. The minimum Gasteiger partial charge on any atom is -0.291 e. The molecule has 0 saturated heterocycles. The van der Waals surface area contributed by atoms with E-state index in [1.807, 2.05) is 11.3 Å². The molecule has 19 heavy (non-hydrogen) atoms. The lowest BCUT2D eigenvalue weighted by atomic mass is 9.79. The summed E-state index contributed by atoms with van der Waals surface area (Å²) >= 11 is 1.85. The molecule has 1 aliphatic carbocycles. The van der Waals surface area contributed by atoms with Crippen LogP contribution in [0.15, 0.2) is 46.9 Å². The first kappa shape index (κ1) is 11.2. The predicted molar refractivity (Wildman–Crippen MR) is 79.6 cm³/mol. The van der Waals surface area contributed by atoms with Crippen LogP contribution in [-0.4, -0.2) is 17.8 Å². The molecule has 0 unspecified atom stereocenters. The molecule has 2 aromatic rings. The summed E-state index contributed by atoms with van der Waals surface area (Å²) in [6.07, 6.45) is 2.39. The highest BCUT2D eigenvalue weighted by molar-refractivity contribution is 7.10. The van der Waals surface area contributed by atoms with Crippen molar-refractivity contribution in [1.29, 1.82) is 0 Å². The van der Waals surface area contributed by atoms with Crippen LogP contribution in [0, 0.1) is 5.92 Å². The second-order valence-corrected chi connectivity index (χ2v) is 6.30. The van der Waals surface area contributed by atoms with Gasteiger partial charge in [0, 0.05) is 23.4 Å². The zero-order chi connectivity index (χ0) is 12.8. The first-order valence-electron chi connectivity index (χ1n) is 6.77. The highest BCUT2D eigenvalue weighted by atomic mass is 32.1. The lowest BCUT2D eigenvalue weighted by molar-refractivity contribution is 0.247. The lowest BCUT2D eigenvalue weighted by Gasteiger charge is -2.27. The molecule has 0 bridgehead atoms. The molecule has 4 rings (SSSR count). The average Bonchev–Trinajstić information content (AvgIpc) is 3.04. The molecule has 2 atom stereocenters. The van der Waals surface area contributed by atoms with E-state index in [1.54, 1.807) is 0 Å². The van der Waals surface area contributed by atoms with E-state index in [9.17, 15) is 0 Å². The normalized spacial score (nSPS) is 24.9. The number of rotatable bonds is 1. The molecule has 0 amide bonds. The molecule has 2 heterocycles. The predicted octanol–water partition coefficient (Wildman–Crippen LogP) is 3.70. The zero-order valence-electron chi connectivity index (χ0n) is 10.9. The molecule has 0 saturated carbocycles. The van der Waals surface area contributed by atoms with Gasteiger partial charge in [0.25, 0.3) is 0 Å². The van der Waals surface area contributed by atoms with Gasteiger partial charge in [-0.1, -0.05) is 30.3 Å². The van der Waals surface area contributed by atoms with Crippen LogP contribution in [-0.2, 0) is 6.42 Å². The molecule has 3 heteroatoms. The number of nitrogens with zero attached hydrogens (tertiary/aromatic N) is 2. The van der Waals surface area contributed by atoms with E-state index in [2.05, 4.69) is 53.8 Å². The van der Waals surface area contributed by atoms with Crippen molar-refractivity contribution in [1.82, 2.24) is 5.01 Å². The lowest BCUT2D eigenvalue weighted by Crippen LogP contribution is -2.26. The van der Waals surface area contributed by atoms with Gasteiger partial charge in [-0.3, -0.25) is 5.01 Å². The smallest absolute Gasteiger partial charge is 0.0893 e. The molecule has 0 N–H and O–H groups in total. The fourth-order valence-electron chi connectivity index (χ4n) is 3.41. The van der Waals surface area contributed by atoms with E-state index >= 15 is 0 Å². The molecule has 2 nitrogen and oxygen atoms in total. The first-order valence-corrected chi connectivity index (χ1v) is 7.65. The van der Waals surface area contributed by atoms with Gasteiger partial charge in [0.05, 0.1) is 11.8 Å². The number of hydrogen-bond donors (Lipinski definition) is 0. The van der Waals surface area contributed by atoms with Crippen LogP contribution >= 0.6 is 11.3 Å². The molecule has 1 aliphatic heterocycles. The van der Waals surface area contributed by atoms with Crippen molar-refractivity contribution in [2.24, 2.45) is 11.0 Å². The molecular formula is C16H16N2S. The molecule has 96 valence electrons. The van der Waals surface area contributed by atoms with Crippen LogP contribution in [0.3, 0.4) is 0 Å². The Morgan fingerprint density at radius 1 is 1.21 bits per heavy atom. The summed E-state index contributed by atoms with van der Waals surface area (Å²) in [4.78, 5) is 1.44. The standard InChI is InChI=1S/C16H16N2S/c1-18-16(14-7-4-10-19-14)13-9-8-11-5-2-3-6-12(11)15(13)17-18/h2-7,10,13,16H,8-9H2,1H3/t13-,16-/m0/s1. The molecule has 0 fully saturated rings. The maximum atomic E-state index is 4.85.